The molecule has 0 radical (unpaired) electrons. The maximum absolute atomic E-state index is 11.9. The molecule has 118 valence electrons. The number of amides is 1. The first-order valence-corrected chi connectivity index (χ1v) is 8.07. The summed E-state index contributed by atoms with van der Waals surface area (Å²) in [5, 5.41) is 13.2. The van der Waals surface area contributed by atoms with Gasteiger partial charge in [0.1, 0.15) is 0 Å². The molecule has 1 rings (SSSR count). The number of carboxylic acid groups (broad SMARTS) is 1. The second kappa shape index (κ2) is 8.74. The summed E-state index contributed by atoms with van der Waals surface area (Å²) in [6.07, 6.45) is 1.90. The predicted molar refractivity (Wildman–Crippen MR) is 83.0 cm³/mol. The molecule has 0 bridgehead atoms. The number of hydrogen-bond donors (Lipinski definition) is 2. The van der Waals surface area contributed by atoms with Crippen LogP contribution in [0.2, 0.25) is 0 Å². The van der Waals surface area contributed by atoms with E-state index in [0.717, 1.165) is 43.8 Å². The Bertz CT molecular complexity index is 472. The van der Waals surface area contributed by atoms with Crippen molar-refractivity contribution in [2.24, 2.45) is 0 Å². The summed E-state index contributed by atoms with van der Waals surface area (Å²) in [6.45, 7) is 9.32. The number of hydrogen-bond acceptors (Lipinski definition) is 5. The van der Waals surface area contributed by atoms with E-state index < -0.39 is 5.97 Å². The van der Waals surface area contributed by atoms with Crippen molar-refractivity contribution in [3.63, 3.8) is 0 Å². The Balaban J connectivity index is 2.37. The Labute approximate surface area is 129 Å². The van der Waals surface area contributed by atoms with Crippen LogP contribution in [-0.2, 0) is 0 Å². The van der Waals surface area contributed by atoms with E-state index in [4.69, 9.17) is 5.11 Å². The first-order chi connectivity index (χ1) is 9.97. The van der Waals surface area contributed by atoms with Crippen LogP contribution in [0.1, 0.15) is 53.9 Å². The molecule has 0 spiro atoms. The zero-order valence-electron chi connectivity index (χ0n) is 12.8. The van der Waals surface area contributed by atoms with Crippen molar-refractivity contribution >= 4 is 23.2 Å². The summed E-state index contributed by atoms with van der Waals surface area (Å²) in [6, 6.07) is 0.0465. The van der Waals surface area contributed by atoms with E-state index in [0.29, 0.717) is 0 Å². The highest BCUT2D eigenvalue weighted by atomic mass is 32.1. The van der Waals surface area contributed by atoms with Gasteiger partial charge in [0.25, 0.3) is 5.91 Å². The molecule has 0 saturated carbocycles. The summed E-state index contributed by atoms with van der Waals surface area (Å²) in [5.74, 6) is -1.42. The number of carbonyl (C=O) groups excluding carboxylic acids is 1. The molecular formula is C14H23N3O3S. The van der Waals surface area contributed by atoms with Crippen molar-refractivity contribution in [1.29, 1.82) is 0 Å². The molecular weight excluding hydrogens is 290 g/mol. The third-order valence-electron chi connectivity index (χ3n) is 3.30. The highest BCUT2D eigenvalue weighted by molar-refractivity contribution is 7.11. The van der Waals surface area contributed by atoms with Crippen molar-refractivity contribution in [3.8, 4) is 0 Å². The lowest BCUT2D eigenvalue weighted by Crippen LogP contribution is -2.33. The normalized spacial score (nSPS) is 12.4. The molecule has 0 saturated heterocycles. The number of carboxylic acids is 1. The fourth-order valence-corrected chi connectivity index (χ4v) is 2.69. The van der Waals surface area contributed by atoms with Crippen LogP contribution in [0.3, 0.4) is 0 Å². The summed E-state index contributed by atoms with van der Waals surface area (Å²) in [4.78, 5) is 28.8. The summed E-state index contributed by atoms with van der Waals surface area (Å²) >= 11 is 1.05. The Morgan fingerprint density at radius 3 is 2.62 bits per heavy atom. The van der Waals surface area contributed by atoms with E-state index in [2.05, 4.69) is 29.0 Å². The van der Waals surface area contributed by atoms with Gasteiger partial charge in [0, 0.05) is 11.4 Å². The quantitative estimate of drug-likeness (QED) is 0.729. The maximum Gasteiger partial charge on any atom is 0.355 e. The first-order valence-electron chi connectivity index (χ1n) is 7.19. The van der Waals surface area contributed by atoms with Crippen molar-refractivity contribution in [2.45, 2.75) is 39.7 Å². The van der Waals surface area contributed by atoms with Crippen molar-refractivity contribution < 1.29 is 14.7 Å². The number of nitrogens with one attached hydrogen (secondary N) is 1. The molecule has 0 aliphatic heterocycles. The van der Waals surface area contributed by atoms with Crippen LogP contribution in [0, 0.1) is 0 Å². The van der Waals surface area contributed by atoms with Crippen molar-refractivity contribution in [1.82, 2.24) is 15.2 Å². The molecule has 1 heterocycles. The highest BCUT2D eigenvalue weighted by Gasteiger charge is 2.16. The van der Waals surface area contributed by atoms with Gasteiger partial charge in [0.05, 0.1) is 0 Å². The van der Waals surface area contributed by atoms with Crippen LogP contribution in [0.4, 0.5) is 0 Å². The summed E-state index contributed by atoms with van der Waals surface area (Å²) < 4.78 is 0. The van der Waals surface area contributed by atoms with E-state index in [1.165, 1.54) is 5.38 Å². The molecule has 7 heteroatoms. The SMILES string of the molecule is CCN(CC)CCCC(C)NC(=O)c1nc(C(=O)O)cs1. The third-order valence-corrected chi connectivity index (χ3v) is 4.14. The van der Waals surface area contributed by atoms with Gasteiger partial charge in [-0.25, -0.2) is 9.78 Å². The second-order valence-electron chi connectivity index (χ2n) is 4.89. The van der Waals surface area contributed by atoms with Crippen LogP contribution in [0.5, 0.6) is 0 Å². The topological polar surface area (TPSA) is 82.5 Å². The minimum Gasteiger partial charge on any atom is -0.476 e. The van der Waals surface area contributed by atoms with E-state index in [9.17, 15) is 9.59 Å². The van der Waals surface area contributed by atoms with Gasteiger partial charge in [-0.05, 0) is 39.4 Å². The Morgan fingerprint density at radius 1 is 1.43 bits per heavy atom. The molecule has 1 aromatic heterocycles. The van der Waals surface area contributed by atoms with Gasteiger partial charge in [0.15, 0.2) is 10.7 Å². The minimum absolute atomic E-state index is 0.0465. The molecule has 1 amide bonds. The number of rotatable bonds is 9. The lowest BCUT2D eigenvalue weighted by molar-refractivity contribution is 0.0691. The molecule has 0 aromatic carbocycles. The minimum atomic E-state index is -1.11. The monoisotopic (exact) mass is 313 g/mol. The second-order valence-corrected chi connectivity index (χ2v) is 5.74. The zero-order chi connectivity index (χ0) is 15.8. The maximum atomic E-state index is 11.9. The zero-order valence-corrected chi connectivity index (χ0v) is 13.6. The fraction of sp³-hybridized carbons (Fsp3) is 0.643. The molecule has 21 heavy (non-hydrogen) atoms. The van der Waals surface area contributed by atoms with E-state index in [1.54, 1.807) is 0 Å². The average molecular weight is 313 g/mol. The van der Waals surface area contributed by atoms with Gasteiger partial charge in [-0.1, -0.05) is 13.8 Å². The molecule has 0 fully saturated rings. The van der Waals surface area contributed by atoms with Gasteiger partial charge in [-0.15, -0.1) is 11.3 Å². The molecule has 2 N–H and O–H groups in total. The molecule has 6 nitrogen and oxygen atoms in total. The number of aromatic carboxylic acids is 1. The van der Waals surface area contributed by atoms with E-state index in [1.807, 2.05) is 6.92 Å². The van der Waals surface area contributed by atoms with E-state index in [-0.39, 0.29) is 22.7 Å². The van der Waals surface area contributed by atoms with Crippen LogP contribution in [-0.4, -0.2) is 52.5 Å². The van der Waals surface area contributed by atoms with E-state index >= 15 is 0 Å². The number of thiazole rings is 1. The van der Waals surface area contributed by atoms with Gasteiger partial charge >= 0.3 is 5.97 Å². The third kappa shape index (κ3) is 5.81. The van der Waals surface area contributed by atoms with Crippen LogP contribution in [0.15, 0.2) is 5.38 Å². The van der Waals surface area contributed by atoms with Crippen LogP contribution in [0.25, 0.3) is 0 Å². The predicted octanol–water partition coefficient (Wildman–Crippen LogP) is 2.08. The van der Waals surface area contributed by atoms with Crippen LogP contribution < -0.4 is 5.32 Å². The van der Waals surface area contributed by atoms with Crippen molar-refractivity contribution in [3.05, 3.63) is 16.1 Å². The van der Waals surface area contributed by atoms with Crippen LogP contribution >= 0.6 is 11.3 Å². The lowest BCUT2D eigenvalue weighted by Gasteiger charge is -2.19. The number of nitrogens with zero attached hydrogens (tertiary/aromatic N) is 2. The first kappa shape index (κ1) is 17.6. The standard InChI is InChI=1S/C14H23N3O3S/c1-4-17(5-2)8-6-7-10(3)15-12(18)13-16-11(9-21-13)14(19)20/h9-10H,4-8H2,1-3H3,(H,15,18)(H,19,20). The Kier molecular flexibility index (Phi) is 7.31. The summed E-state index contributed by atoms with van der Waals surface area (Å²) in [7, 11) is 0. The average Bonchev–Trinajstić information content (AvgIpc) is 2.93. The highest BCUT2D eigenvalue weighted by Crippen LogP contribution is 2.10. The Morgan fingerprint density at radius 2 is 2.10 bits per heavy atom. The van der Waals surface area contributed by atoms with Gasteiger partial charge in [0.2, 0.25) is 0 Å². The lowest BCUT2D eigenvalue weighted by atomic mass is 10.1. The molecule has 1 aromatic rings. The summed E-state index contributed by atoms with van der Waals surface area (Å²) in [5.41, 5.74) is -0.0839. The molecule has 1 unspecified atom stereocenters. The fourth-order valence-electron chi connectivity index (χ4n) is 1.99. The smallest absolute Gasteiger partial charge is 0.355 e. The Hall–Kier alpha value is -1.47. The molecule has 0 aliphatic carbocycles. The molecule has 0 aliphatic rings. The van der Waals surface area contributed by atoms with Gasteiger partial charge < -0.3 is 15.3 Å². The largest absolute Gasteiger partial charge is 0.476 e. The molecule has 1 atom stereocenters. The van der Waals surface area contributed by atoms with Gasteiger partial charge in [-0.3, -0.25) is 4.79 Å². The number of carbonyl (C=O) groups is 2. The van der Waals surface area contributed by atoms with Gasteiger partial charge in [-0.2, -0.15) is 0 Å². The number of aromatic nitrogens is 1. The van der Waals surface area contributed by atoms with Crippen molar-refractivity contribution in [2.75, 3.05) is 19.6 Å².